The van der Waals surface area contributed by atoms with Gasteiger partial charge in [-0.2, -0.15) is 0 Å². The Labute approximate surface area is 88.3 Å². The lowest BCUT2D eigenvalue weighted by molar-refractivity contribution is 0.823. The Balaban J connectivity index is 2.64. The summed E-state index contributed by atoms with van der Waals surface area (Å²) < 4.78 is 0. The Hall–Kier alpha value is -0.990. The Morgan fingerprint density at radius 2 is 2.21 bits per heavy atom. The average molecular weight is 209 g/mol. The highest BCUT2D eigenvalue weighted by Crippen LogP contribution is 2.26. The van der Waals surface area contributed by atoms with Gasteiger partial charge in [0.05, 0.1) is 0 Å². The van der Waals surface area contributed by atoms with Crippen molar-refractivity contribution in [2.24, 2.45) is 0 Å². The number of halogens is 1. The van der Waals surface area contributed by atoms with Crippen molar-refractivity contribution in [1.29, 1.82) is 0 Å². The van der Waals surface area contributed by atoms with Gasteiger partial charge in [0.15, 0.2) is 0 Å². The topological polar surface area (TPSA) is 27.8 Å². The minimum absolute atomic E-state index is 0.736. The second kappa shape index (κ2) is 3.64. The molecule has 0 bridgehead atoms. The smallest absolute Gasteiger partial charge is 0.111 e. The van der Waals surface area contributed by atoms with Gasteiger partial charge in [-0.15, -0.1) is 0 Å². The van der Waals surface area contributed by atoms with Gasteiger partial charge in [-0.05, 0) is 25.6 Å². The molecule has 0 saturated heterocycles. The number of aromatic nitrogens is 1. The van der Waals surface area contributed by atoms with Crippen molar-refractivity contribution < 1.29 is 0 Å². The number of aromatic amines is 1. The highest BCUT2D eigenvalue weighted by Gasteiger charge is 2.08. The molecule has 0 aliphatic rings. The van der Waals surface area contributed by atoms with Crippen LogP contribution in [0.1, 0.15) is 11.1 Å². The fourth-order valence-electron chi connectivity index (χ4n) is 1.69. The highest BCUT2D eigenvalue weighted by molar-refractivity contribution is 6.31. The molecule has 2 nitrogen and oxygen atoms in total. The number of hydrogen-bond donors (Lipinski definition) is 2. The molecular weight excluding hydrogens is 196 g/mol. The average Bonchev–Trinajstić information content (AvgIpc) is 2.43. The first-order chi connectivity index (χ1) is 6.72. The molecule has 0 amide bonds. The Kier molecular flexibility index (Phi) is 2.48. The maximum Gasteiger partial charge on any atom is 0.111 e. The van der Waals surface area contributed by atoms with Gasteiger partial charge in [-0.25, -0.2) is 0 Å². The number of rotatable bonds is 2. The second-order valence-corrected chi connectivity index (χ2v) is 3.87. The third-order valence-corrected chi connectivity index (χ3v) is 2.69. The molecule has 3 heteroatoms. The van der Waals surface area contributed by atoms with Crippen LogP contribution in [-0.4, -0.2) is 12.0 Å². The summed E-state index contributed by atoms with van der Waals surface area (Å²) in [7, 11) is 1.92. The molecule has 0 aliphatic heterocycles. The summed E-state index contributed by atoms with van der Waals surface area (Å²) in [4.78, 5) is 3.18. The lowest BCUT2D eigenvalue weighted by Crippen LogP contribution is -2.04. The first-order valence-corrected chi connectivity index (χ1v) is 5.01. The van der Waals surface area contributed by atoms with Crippen LogP contribution in [0.2, 0.25) is 5.15 Å². The number of benzene rings is 1. The summed E-state index contributed by atoms with van der Waals surface area (Å²) in [5.41, 5.74) is 3.50. The van der Waals surface area contributed by atoms with Crippen molar-refractivity contribution in [3.8, 4) is 0 Å². The Bertz CT molecular complexity index is 460. The van der Waals surface area contributed by atoms with Crippen molar-refractivity contribution in [3.63, 3.8) is 0 Å². The fourth-order valence-corrected chi connectivity index (χ4v) is 1.96. The maximum absolute atomic E-state index is 6.10. The Morgan fingerprint density at radius 3 is 2.93 bits per heavy atom. The molecule has 1 aromatic carbocycles. The van der Waals surface area contributed by atoms with Crippen molar-refractivity contribution in [3.05, 3.63) is 34.5 Å². The van der Waals surface area contributed by atoms with E-state index in [1.165, 1.54) is 10.9 Å². The van der Waals surface area contributed by atoms with Crippen LogP contribution in [0.3, 0.4) is 0 Å². The van der Waals surface area contributed by atoms with E-state index in [0.29, 0.717) is 0 Å². The van der Waals surface area contributed by atoms with Crippen molar-refractivity contribution >= 4 is 22.5 Å². The molecule has 14 heavy (non-hydrogen) atoms. The van der Waals surface area contributed by atoms with Crippen LogP contribution in [0.15, 0.2) is 18.2 Å². The first kappa shape index (κ1) is 9.56. The summed E-state index contributed by atoms with van der Waals surface area (Å²) in [6.45, 7) is 2.87. The van der Waals surface area contributed by atoms with Crippen LogP contribution in [0.5, 0.6) is 0 Å². The van der Waals surface area contributed by atoms with E-state index in [9.17, 15) is 0 Å². The van der Waals surface area contributed by atoms with E-state index >= 15 is 0 Å². The number of fused-ring (bicyclic) bond motifs is 1. The molecule has 0 saturated carbocycles. The molecule has 2 rings (SSSR count). The zero-order chi connectivity index (χ0) is 10.1. The van der Waals surface area contributed by atoms with Gasteiger partial charge in [0, 0.05) is 23.0 Å². The predicted octanol–water partition coefficient (Wildman–Crippen LogP) is 2.85. The molecule has 0 aliphatic carbocycles. The van der Waals surface area contributed by atoms with Crippen LogP contribution in [0, 0.1) is 6.92 Å². The fraction of sp³-hybridized carbons (Fsp3) is 0.273. The number of nitrogens with one attached hydrogen (secondary N) is 2. The third-order valence-electron chi connectivity index (χ3n) is 2.36. The number of H-pyrrole nitrogens is 1. The van der Waals surface area contributed by atoms with Gasteiger partial charge in [0.1, 0.15) is 5.15 Å². The van der Waals surface area contributed by atoms with Crippen LogP contribution in [0.25, 0.3) is 10.9 Å². The van der Waals surface area contributed by atoms with Gasteiger partial charge in [-0.3, -0.25) is 0 Å². The molecule has 2 aromatic rings. The van der Waals surface area contributed by atoms with E-state index < -0.39 is 0 Å². The molecular formula is C11H13ClN2. The molecule has 0 fully saturated rings. The monoisotopic (exact) mass is 208 g/mol. The van der Waals surface area contributed by atoms with E-state index in [4.69, 9.17) is 11.6 Å². The normalized spacial score (nSPS) is 11.1. The largest absolute Gasteiger partial charge is 0.345 e. The van der Waals surface area contributed by atoms with E-state index in [-0.39, 0.29) is 0 Å². The quantitative estimate of drug-likeness (QED) is 0.781. The summed E-state index contributed by atoms with van der Waals surface area (Å²) in [6.07, 6.45) is 0. The summed E-state index contributed by atoms with van der Waals surface area (Å²) >= 11 is 6.10. The first-order valence-electron chi connectivity index (χ1n) is 4.63. The van der Waals surface area contributed by atoms with Gasteiger partial charge in [-0.1, -0.05) is 23.7 Å². The number of aryl methyl sites for hydroxylation is 1. The predicted molar refractivity (Wildman–Crippen MR) is 60.8 cm³/mol. The van der Waals surface area contributed by atoms with Crippen LogP contribution in [0.4, 0.5) is 0 Å². The Morgan fingerprint density at radius 1 is 1.43 bits per heavy atom. The zero-order valence-corrected chi connectivity index (χ0v) is 9.07. The minimum Gasteiger partial charge on any atom is -0.345 e. The SMILES string of the molecule is CNCc1c(Cl)[nH]c2cc(C)ccc12. The van der Waals surface area contributed by atoms with E-state index in [1.54, 1.807) is 0 Å². The summed E-state index contributed by atoms with van der Waals surface area (Å²) in [5.74, 6) is 0. The second-order valence-electron chi connectivity index (χ2n) is 3.50. The molecule has 0 atom stereocenters. The minimum atomic E-state index is 0.736. The molecule has 0 radical (unpaired) electrons. The standard InChI is InChI=1S/C11H13ClN2/c1-7-3-4-8-9(6-13-2)11(12)14-10(8)5-7/h3-5,13-14H,6H2,1-2H3. The third kappa shape index (κ3) is 1.51. The van der Waals surface area contributed by atoms with Gasteiger partial charge in [0.2, 0.25) is 0 Å². The van der Waals surface area contributed by atoms with E-state index in [1.807, 2.05) is 7.05 Å². The van der Waals surface area contributed by atoms with Gasteiger partial charge < -0.3 is 10.3 Å². The maximum atomic E-state index is 6.10. The van der Waals surface area contributed by atoms with Crippen LogP contribution in [-0.2, 0) is 6.54 Å². The van der Waals surface area contributed by atoms with Crippen LogP contribution < -0.4 is 5.32 Å². The van der Waals surface area contributed by atoms with E-state index in [0.717, 1.165) is 22.8 Å². The van der Waals surface area contributed by atoms with Crippen LogP contribution >= 0.6 is 11.6 Å². The molecule has 1 aromatic heterocycles. The van der Waals surface area contributed by atoms with Crippen molar-refractivity contribution in [1.82, 2.24) is 10.3 Å². The molecule has 74 valence electrons. The summed E-state index contributed by atoms with van der Waals surface area (Å²) in [5, 5.41) is 5.05. The van der Waals surface area contributed by atoms with Gasteiger partial charge in [0.25, 0.3) is 0 Å². The number of hydrogen-bond acceptors (Lipinski definition) is 1. The van der Waals surface area contributed by atoms with Crippen molar-refractivity contribution in [2.45, 2.75) is 13.5 Å². The highest BCUT2D eigenvalue weighted by atomic mass is 35.5. The lowest BCUT2D eigenvalue weighted by Gasteiger charge is -1.98. The molecule has 2 N–H and O–H groups in total. The van der Waals surface area contributed by atoms with Crippen molar-refractivity contribution in [2.75, 3.05) is 7.05 Å². The van der Waals surface area contributed by atoms with Gasteiger partial charge >= 0.3 is 0 Å². The lowest BCUT2D eigenvalue weighted by atomic mass is 10.1. The summed E-state index contributed by atoms with van der Waals surface area (Å²) in [6, 6.07) is 6.33. The molecule has 1 heterocycles. The zero-order valence-electron chi connectivity index (χ0n) is 8.32. The van der Waals surface area contributed by atoms with E-state index in [2.05, 4.69) is 35.4 Å². The molecule has 0 spiro atoms. The molecule has 0 unspecified atom stereocenters.